The van der Waals surface area contributed by atoms with Crippen molar-refractivity contribution in [1.82, 2.24) is 4.98 Å². The average Bonchev–Trinajstić information content (AvgIpc) is 2.31. The van der Waals surface area contributed by atoms with Crippen LogP contribution in [-0.2, 0) is 4.79 Å². The summed E-state index contributed by atoms with van der Waals surface area (Å²) in [6.07, 6.45) is -0.468. The van der Waals surface area contributed by atoms with Crippen LogP contribution < -0.4 is 0 Å². The van der Waals surface area contributed by atoms with Gasteiger partial charge in [0.1, 0.15) is 11.3 Å². The fourth-order valence-electron chi connectivity index (χ4n) is 1.35. The van der Waals surface area contributed by atoms with Crippen LogP contribution in [-0.4, -0.2) is 32.2 Å². The van der Waals surface area contributed by atoms with E-state index in [0.29, 0.717) is 11.3 Å². The second kappa shape index (κ2) is 7.31. The van der Waals surface area contributed by atoms with Crippen molar-refractivity contribution in [3.8, 4) is 0 Å². The molecule has 0 aliphatic carbocycles. The van der Waals surface area contributed by atoms with Crippen molar-refractivity contribution in [2.24, 2.45) is 0 Å². The van der Waals surface area contributed by atoms with Crippen LogP contribution in [0.15, 0.2) is 12.3 Å². The van der Waals surface area contributed by atoms with Crippen molar-refractivity contribution in [3.63, 3.8) is 0 Å². The minimum atomic E-state index is -1.15. The molecule has 0 saturated heterocycles. The summed E-state index contributed by atoms with van der Waals surface area (Å²) in [5, 5.41) is 19.9. The normalized spacial score (nSPS) is 14.3. The molecular weight excluding hydrogens is 297 g/mol. The minimum Gasteiger partial charge on any atom is -0.390 e. The van der Waals surface area contributed by atoms with Gasteiger partial charge in [-0.25, -0.2) is 4.98 Å². The quantitative estimate of drug-likeness (QED) is 0.818. The van der Waals surface area contributed by atoms with E-state index in [2.05, 4.69) is 4.98 Å². The van der Waals surface area contributed by atoms with Gasteiger partial charge in [0.05, 0.1) is 11.1 Å². The first kappa shape index (κ1) is 15.7. The van der Waals surface area contributed by atoms with Gasteiger partial charge in [0.2, 0.25) is 0 Å². The molecule has 7 heteroatoms. The van der Waals surface area contributed by atoms with Gasteiger partial charge in [-0.3, -0.25) is 4.79 Å². The first-order valence-corrected chi connectivity index (χ1v) is 6.97. The van der Waals surface area contributed by atoms with Gasteiger partial charge in [-0.1, -0.05) is 35.0 Å². The zero-order valence-corrected chi connectivity index (χ0v) is 12.0. The van der Waals surface area contributed by atoms with E-state index in [1.165, 1.54) is 19.2 Å². The number of aliphatic hydroxyl groups excluding tert-OH is 2. The monoisotopic (exact) mass is 309 g/mol. The summed E-state index contributed by atoms with van der Waals surface area (Å²) in [5.41, 5.74) is 0.331. The van der Waals surface area contributed by atoms with Crippen molar-refractivity contribution in [2.75, 3.05) is 5.75 Å². The molecular formula is C11H13Cl2NO3S. The molecule has 2 N–H and O–H groups in total. The van der Waals surface area contributed by atoms with E-state index in [4.69, 9.17) is 23.2 Å². The number of pyridine rings is 1. The molecule has 0 fully saturated rings. The zero-order valence-electron chi connectivity index (χ0n) is 9.64. The zero-order chi connectivity index (χ0) is 13.7. The van der Waals surface area contributed by atoms with Gasteiger partial charge < -0.3 is 10.2 Å². The van der Waals surface area contributed by atoms with Crippen molar-refractivity contribution < 1.29 is 15.0 Å². The lowest BCUT2D eigenvalue weighted by molar-refractivity contribution is -0.109. The Morgan fingerprint density at radius 2 is 2.17 bits per heavy atom. The van der Waals surface area contributed by atoms with E-state index < -0.39 is 12.2 Å². The topological polar surface area (TPSA) is 70.4 Å². The third kappa shape index (κ3) is 4.40. The van der Waals surface area contributed by atoms with Crippen molar-refractivity contribution in [1.29, 1.82) is 0 Å². The smallest absolute Gasteiger partial charge is 0.185 e. The van der Waals surface area contributed by atoms with Gasteiger partial charge in [0.25, 0.3) is 0 Å². The number of rotatable bonds is 5. The number of carbonyl (C=O) groups excluding carboxylic acids is 1. The van der Waals surface area contributed by atoms with Crippen LogP contribution in [0, 0.1) is 0 Å². The Hall–Kier alpha value is -0.330. The molecule has 0 radical (unpaired) electrons. The Balaban J connectivity index is 2.65. The van der Waals surface area contributed by atoms with E-state index in [0.717, 1.165) is 11.8 Å². The van der Waals surface area contributed by atoms with Crippen LogP contribution >= 0.6 is 35.0 Å². The highest BCUT2D eigenvalue weighted by Gasteiger charge is 2.22. The molecule has 1 rings (SSSR count). The molecule has 0 aliphatic heterocycles. The predicted molar refractivity (Wildman–Crippen MR) is 73.0 cm³/mol. The molecule has 2 unspecified atom stereocenters. The Bertz CT molecular complexity index is 431. The molecule has 0 aromatic carbocycles. The maximum Gasteiger partial charge on any atom is 0.185 e. The van der Waals surface area contributed by atoms with Crippen LogP contribution in [0.3, 0.4) is 0 Å². The molecule has 0 spiro atoms. The van der Waals surface area contributed by atoms with E-state index in [1.54, 1.807) is 0 Å². The maximum atomic E-state index is 10.7. The third-order valence-corrected chi connectivity index (χ3v) is 3.91. The molecule has 1 heterocycles. The Kier molecular flexibility index (Phi) is 6.38. The molecule has 100 valence electrons. The van der Waals surface area contributed by atoms with Crippen LogP contribution in [0.1, 0.15) is 25.0 Å². The van der Waals surface area contributed by atoms with E-state index >= 15 is 0 Å². The molecule has 0 bridgehead atoms. The van der Waals surface area contributed by atoms with Gasteiger partial charge in [0.15, 0.2) is 5.12 Å². The number of thioether (sulfide) groups is 1. The highest BCUT2D eigenvalue weighted by molar-refractivity contribution is 8.13. The summed E-state index contributed by atoms with van der Waals surface area (Å²) in [7, 11) is 0. The van der Waals surface area contributed by atoms with Crippen LogP contribution in [0.4, 0.5) is 0 Å². The van der Waals surface area contributed by atoms with Gasteiger partial charge in [0, 0.05) is 24.4 Å². The Labute approximate surface area is 119 Å². The molecule has 2 atom stereocenters. The first-order chi connectivity index (χ1) is 8.43. The Morgan fingerprint density at radius 1 is 1.50 bits per heavy atom. The standard InChI is InChI=1S/C11H13Cl2NO3S/c1-6(15)18-5-3-8(16)10(17)7-2-4-14-11(13)9(7)12/h2,4,8,10,16-17H,3,5H2,1H3. The number of aliphatic hydroxyl groups is 2. The molecule has 1 aromatic heterocycles. The van der Waals surface area contributed by atoms with E-state index in [-0.39, 0.29) is 21.7 Å². The lowest BCUT2D eigenvalue weighted by Crippen LogP contribution is -2.19. The molecule has 18 heavy (non-hydrogen) atoms. The summed E-state index contributed by atoms with van der Waals surface area (Å²) in [6.45, 7) is 1.45. The molecule has 1 aromatic rings. The Morgan fingerprint density at radius 3 is 2.78 bits per heavy atom. The molecule has 4 nitrogen and oxygen atoms in total. The summed E-state index contributed by atoms with van der Waals surface area (Å²) in [4.78, 5) is 14.5. The van der Waals surface area contributed by atoms with Gasteiger partial charge in [-0.2, -0.15) is 0 Å². The fourth-order valence-corrected chi connectivity index (χ4v) is 2.38. The molecule has 0 amide bonds. The number of halogens is 2. The van der Waals surface area contributed by atoms with Crippen molar-refractivity contribution in [2.45, 2.75) is 25.6 Å². The lowest BCUT2D eigenvalue weighted by Gasteiger charge is -2.18. The van der Waals surface area contributed by atoms with Gasteiger partial charge in [-0.15, -0.1) is 0 Å². The highest BCUT2D eigenvalue weighted by Crippen LogP contribution is 2.30. The average molecular weight is 310 g/mol. The predicted octanol–water partition coefficient (Wildman–Crippen LogP) is 2.45. The first-order valence-electron chi connectivity index (χ1n) is 5.23. The van der Waals surface area contributed by atoms with E-state index in [1.807, 2.05) is 0 Å². The summed E-state index contributed by atoms with van der Waals surface area (Å²) in [5.74, 6) is 0.435. The van der Waals surface area contributed by atoms with Crippen molar-refractivity contribution in [3.05, 3.63) is 28.0 Å². The minimum absolute atomic E-state index is 0.0262. The largest absolute Gasteiger partial charge is 0.390 e. The van der Waals surface area contributed by atoms with Crippen molar-refractivity contribution >= 4 is 40.1 Å². The van der Waals surface area contributed by atoms with Crippen LogP contribution in [0.2, 0.25) is 10.2 Å². The van der Waals surface area contributed by atoms with Crippen LogP contribution in [0.25, 0.3) is 0 Å². The number of aromatic nitrogens is 1. The maximum absolute atomic E-state index is 10.7. The summed E-state index contributed by atoms with van der Waals surface area (Å²) >= 11 is 12.7. The number of nitrogens with zero attached hydrogens (tertiary/aromatic N) is 1. The van der Waals surface area contributed by atoms with Gasteiger partial charge in [-0.05, 0) is 12.5 Å². The summed E-state index contributed by atoms with van der Waals surface area (Å²) < 4.78 is 0. The SMILES string of the molecule is CC(=O)SCCC(O)C(O)c1ccnc(Cl)c1Cl. The molecule has 0 aliphatic rings. The second-order valence-corrected chi connectivity index (χ2v) is 5.65. The van der Waals surface area contributed by atoms with Gasteiger partial charge >= 0.3 is 0 Å². The lowest BCUT2D eigenvalue weighted by atomic mass is 10.0. The third-order valence-electron chi connectivity index (χ3n) is 2.28. The fraction of sp³-hybridized carbons (Fsp3) is 0.455. The second-order valence-electron chi connectivity index (χ2n) is 3.65. The number of carbonyl (C=O) groups is 1. The van der Waals surface area contributed by atoms with Crippen LogP contribution in [0.5, 0.6) is 0 Å². The molecule has 0 saturated carbocycles. The van der Waals surface area contributed by atoms with E-state index in [9.17, 15) is 15.0 Å². The number of hydrogen-bond acceptors (Lipinski definition) is 5. The number of hydrogen-bond donors (Lipinski definition) is 2. The highest BCUT2D eigenvalue weighted by atomic mass is 35.5. The summed E-state index contributed by atoms with van der Waals surface area (Å²) in [6, 6.07) is 1.50.